The highest BCUT2D eigenvalue weighted by molar-refractivity contribution is 6.17. The highest BCUT2D eigenvalue weighted by atomic mass is 35.5. The number of halogens is 1. The average Bonchev–Trinajstić information content (AvgIpc) is 2.24. The van der Waals surface area contributed by atoms with E-state index in [4.69, 9.17) is 11.6 Å². The predicted molar refractivity (Wildman–Crippen MR) is 76.0 cm³/mol. The molecule has 1 heterocycles. The Hall–Kier alpha value is -0.760. The third kappa shape index (κ3) is 3.60. The van der Waals surface area contributed by atoms with Gasteiger partial charge in [-0.2, -0.15) is 0 Å². The van der Waals surface area contributed by atoms with Crippen molar-refractivity contribution in [3.8, 4) is 0 Å². The Labute approximate surface area is 110 Å². The minimum absolute atomic E-state index is 0.531. The third-order valence-electron chi connectivity index (χ3n) is 2.85. The van der Waals surface area contributed by atoms with E-state index in [1.165, 1.54) is 11.1 Å². The molecule has 0 aliphatic carbocycles. The Morgan fingerprint density at radius 2 is 2.00 bits per heavy atom. The first-order valence-corrected chi connectivity index (χ1v) is 6.81. The summed E-state index contributed by atoms with van der Waals surface area (Å²) in [7, 11) is 0. The number of hydrogen-bond acceptors (Lipinski definition) is 2. The molecule has 0 atom stereocenters. The second kappa shape index (κ2) is 6.25. The predicted octanol–water partition coefficient (Wildman–Crippen LogP) is 3.92. The van der Waals surface area contributed by atoms with E-state index in [-0.39, 0.29) is 0 Å². The number of aromatic nitrogens is 1. The molecule has 1 rings (SSSR count). The zero-order valence-electron chi connectivity index (χ0n) is 11.5. The smallest absolute Gasteiger partial charge is 0.133 e. The minimum Gasteiger partial charge on any atom is -0.356 e. The lowest BCUT2D eigenvalue weighted by Crippen LogP contribution is -2.29. The van der Waals surface area contributed by atoms with Crippen molar-refractivity contribution < 1.29 is 0 Å². The van der Waals surface area contributed by atoms with Crippen molar-refractivity contribution in [2.24, 2.45) is 5.92 Å². The van der Waals surface area contributed by atoms with Crippen LogP contribution in [0.4, 0.5) is 5.82 Å². The first kappa shape index (κ1) is 14.3. The summed E-state index contributed by atoms with van der Waals surface area (Å²) in [6.45, 7) is 12.8. The lowest BCUT2D eigenvalue weighted by atomic mass is 10.1. The fourth-order valence-electron chi connectivity index (χ4n) is 2.08. The average molecular weight is 255 g/mol. The van der Waals surface area contributed by atoms with Crippen molar-refractivity contribution in [2.75, 3.05) is 18.0 Å². The lowest BCUT2D eigenvalue weighted by Gasteiger charge is -2.27. The molecule has 0 aliphatic heterocycles. The SMILES string of the molecule is CCN(CC(C)C)c1nc(C)cc(C)c1CCl. The molecule has 3 heteroatoms. The van der Waals surface area contributed by atoms with Crippen LogP contribution in [0.1, 0.15) is 37.6 Å². The number of rotatable bonds is 5. The van der Waals surface area contributed by atoms with Crippen LogP contribution in [0.25, 0.3) is 0 Å². The molecule has 0 amide bonds. The summed E-state index contributed by atoms with van der Waals surface area (Å²) < 4.78 is 0. The molecule has 17 heavy (non-hydrogen) atoms. The van der Waals surface area contributed by atoms with E-state index in [2.05, 4.69) is 43.6 Å². The monoisotopic (exact) mass is 254 g/mol. The molecule has 2 nitrogen and oxygen atoms in total. The van der Waals surface area contributed by atoms with Crippen molar-refractivity contribution in [3.05, 3.63) is 22.9 Å². The zero-order chi connectivity index (χ0) is 13.0. The quantitative estimate of drug-likeness (QED) is 0.741. The normalized spacial score (nSPS) is 11.0. The van der Waals surface area contributed by atoms with Crippen LogP contribution in [0.2, 0.25) is 0 Å². The van der Waals surface area contributed by atoms with E-state index >= 15 is 0 Å². The summed E-state index contributed by atoms with van der Waals surface area (Å²) in [6.07, 6.45) is 0. The van der Waals surface area contributed by atoms with Gasteiger partial charge in [-0.15, -0.1) is 11.6 Å². The topological polar surface area (TPSA) is 16.1 Å². The van der Waals surface area contributed by atoms with Crippen LogP contribution in [0.15, 0.2) is 6.07 Å². The summed E-state index contributed by atoms with van der Waals surface area (Å²) in [6, 6.07) is 2.10. The maximum absolute atomic E-state index is 6.06. The fraction of sp³-hybridized carbons (Fsp3) is 0.643. The van der Waals surface area contributed by atoms with Crippen LogP contribution >= 0.6 is 11.6 Å². The van der Waals surface area contributed by atoms with Gasteiger partial charge in [0.1, 0.15) is 5.82 Å². The van der Waals surface area contributed by atoms with Gasteiger partial charge in [0.2, 0.25) is 0 Å². The highest BCUT2D eigenvalue weighted by Crippen LogP contribution is 2.24. The second-order valence-electron chi connectivity index (χ2n) is 4.95. The first-order valence-electron chi connectivity index (χ1n) is 6.27. The number of alkyl halides is 1. The molecule has 96 valence electrons. The Morgan fingerprint density at radius 1 is 1.35 bits per heavy atom. The lowest BCUT2D eigenvalue weighted by molar-refractivity contribution is 0.612. The maximum Gasteiger partial charge on any atom is 0.133 e. The maximum atomic E-state index is 6.06. The van der Waals surface area contributed by atoms with Crippen LogP contribution < -0.4 is 4.90 Å². The van der Waals surface area contributed by atoms with Crippen molar-refractivity contribution in [1.82, 2.24) is 4.98 Å². The van der Waals surface area contributed by atoms with Crippen LogP contribution in [-0.4, -0.2) is 18.1 Å². The summed E-state index contributed by atoms with van der Waals surface area (Å²) in [5, 5.41) is 0. The van der Waals surface area contributed by atoms with E-state index in [0.717, 1.165) is 24.6 Å². The van der Waals surface area contributed by atoms with E-state index in [0.29, 0.717) is 11.8 Å². The zero-order valence-corrected chi connectivity index (χ0v) is 12.3. The van der Waals surface area contributed by atoms with Crippen molar-refractivity contribution in [2.45, 2.75) is 40.5 Å². The van der Waals surface area contributed by atoms with E-state index in [9.17, 15) is 0 Å². The molecule has 0 radical (unpaired) electrons. The van der Waals surface area contributed by atoms with E-state index < -0.39 is 0 Å². The van der Waals surface area contributed by atoms with Crippen molar-refractivity contribution >= 4 is 17.4 Å². The van der Waals surface area contributed by atoms with Gasteiger partial charge in [-0.3, -0.25) is 0 Å². The van der Waals surface area contributed by atoms with Gasteiger partial charge in [0.05, 0.1) is 5.88 Å². The molecule has 0 spiro atoms. The van der Waals surface area contributed by atoms with E-state index in [1.54, 1.807) is 0 Å². The second-order valence-corrected chi connectivity index (χ2v) is 5.22. The third-order valence-corrected chi connectivity index (χ3v) is 3.12. The molecule has 1 aromatic heterocycles. The van der Waals surface area contributed by atoms with Gasteiger partial charge in [0.15, 0.2) is 0 Å². The molecule has 0 saturated heterocycles. The summed E-state index contributed by atoms with van der Waals surface area (Å²) in [5.41, 5.74) is 3.47. The molecule has 0 bridgehead atoms. The molecule has 0 fully saturated rings. The van der Waals surface area contributed by atoms with Crippen LogP contribution in [-0.2, 0) is 5.88 Å². The van der Waals surface area contributed by atoms with Crippen LogP contribution in [0.5, 0.6) is 0 Å². The molecule has 0 aliphatic rings. The Kier molecular flexibility index (Phi) is 5.26. The highest BCUT2D eigenvalue weighted by Gasteiger charge is 2.14. The Morgan fingerprint density at radius 3 is 2.47 bits per heavy atom. The van der Waals surface area contributed by atoms with Gasteiger partial charge < -0.3 is 4.90 Å². The largest absolute Gasteiger partial charge is 0.356 e. The number of nitrogens with zero attached hydrogens (tertiary/aromatic N) is 2. The Balaban J connectivity index is 3.16. The van der Waals surface area contributed by atoms with Gasteiger partial charge in [-0.05, 0) is 38.3 Å². The molecule has 1 aromatic rings. The van der Waals surface area contributed by atoms with Gasteiger partial charge in [0.25, 0.3) is 0 Å². The van der Waals surface area contributed by atoms with Gasteiger partial charge >= 0.3 is 0 Å². The van der Waals surface area contributed by atoms with Gasteiger partial charge in [0, 0.05) is 24.3 Å². The van der Waals surface area contributed by atoms with Crippen molar-refractivity contribution in [1.29, 1.82) is 0 Å². The van der Waals surface area contributed by atoms with Gasteiger partial charge in [-0.1, -0.05) is 13.8 Å². The van der Waals surface area contributed by atoms with Crippen molar-refractivity contribution in [3.63, 3.8) is 0 Å². The fourth-order valence-corrected chi connectivity index (χ4v) is 2.41. The molecule has 0 unspecified atom stereocenters. The van der Waals surface area contributed by atoms with Crippen LogP contribution in [0.3, 0.4) is 0 Å². The molecular formula is C14H23ClN2. The number of pyridine rings is 1. The first-order chi connectivity index (χ1) is 7.99. The minimum atomic E-state index is 0.531. The Bertz CT molecular complexity index is 375. The van der Waals surface area contributed by atoms with Crippen LogP contribution in [0, 0.1) is 19.8 Å². The number of anilines is 1. The number of aryl methyl sites for hydroxylation is 2. The molecule has 0 saturated carbocycles. The summed E-state index contributed by atoms with van der Waals surface area (Å²) in [5.74, 6) is 2.22. The summed E-state index contributed by atoms with van der Waals surface area (Å²) in [4.78, 5) is 6.99. The summed E-state index contributed by atoms with van der Waals surface area (Å²) >= 11 is 6.06. The standard InChI is InChI=1S/C14H23ClN2/c1-6-17(9-10(2)3)14-13(8-15)11(4)7-12(5)16-14/h7,10H,6,8-9H2,1-5H3. The molecular weight excluding hydrogens is 232 g/mol. The molecule has 0 N–H and O–H groups in total. The number of hydrogen-bond donors (Lipinski definition) is 0. The molecule has 0 aromatic carbocycles. The van der Waals surface area contributed by atoms with E-state index in [1.807, 2.05) is 6.92 Å². The van der Waals surface area contributed by atoms with Gasteiger partial charge in [-0.25, -0.2) is 4.98 Å².